The second kappa shape index (κ2) is 6.71. The number of hydrogen-bond donors (Lipinski definition) is 2. The van der Waals surface area contributed by atoms with Crippen LogP contribution in [0.4, 0.5) is 17.1 Å². The quantitative estimate of drug-likeness (QED) is 0.484. The monoisotopic (exact) mass is 286 g/mol. The molecule has 0 aromatic heterocycles. The molecule has 3 N–H and O–H groups in total. The van der Waals surface area contributed by atoms with Gasteiger partial charge in [0.05, 0.1) is 4.92 Å². The van der Waals surface area contributed by atoms with Gasteiger partial charge in [-0.2, -0.15) is 0 Å². The van der Waals surface area contributed by atoms with Gasteiger partial charge < -0.3 is 10.3 Å². The molecular formula is C15H18N4O2. The molecule has 0 amide bonds. The number of rotatable bonds is 6. The van der Waals surface area contributed by atoms with E-state index in [0.29, 0.717) is 12.2 Å². The molecule has 110 valence electrons. The SMILES string of the molecule is CCN(Cc1cccc([N+](=O)[O-])c1NN)c1ccccc1. The summed E-state index contributed by atoms with van der Waals surface area (Å²) in [5.74, 6) is 5.47. The van der Waals surface area contributed by atoms with Gasteiger partial charge in [0, 0.05) is 30.4 Å². The van der Waals surface area contributed by atoms with Gasteiger partial charge in [0.2, 0.25) is 0 Å². The molecule has 6 nitrogen and oxygen atoms in total. The van der Waals surface area contributed by atoms with Gasteiger partial charge >= 0.3 is 0 Å². The molecule has 0 aliphatic rings. The van der Waals surface area contributed by atoms with E-state index in [9.17, 15) is 10.1 Å². The first-order valence-corrected chi connectivity index (χ1v) is 6.70. The predicted molar refractivity (Wildman–Crippen MR) is 84.1 cm³/mol. The van der Waals surface area contributed by atoms with E-state index in [0.717, 1.165) is 17.8 Å². The highest BCUT2D eigenvalue weighted by Crippen LogP contribution is 2.29. The third-order valence-corrected chi connectivity index (χ3v) is 3.33. The summed E-state index contributed by atoms with van der Waals surface area (Å²) in [4.78, 5) is 12.7. The van der Waals surface area contributed by atoms with Crippen LogP contribution in [0, 0.1) is 10.1 Å². The zero-order valence-electron chi connectivity index (χ0n) is 11.8. The van der Waals surface area contributed by atoms with Crippen LogP contribution in [-0.4, -0.2) is 11.5 Å². The fraction of sp³-hybridized carbons (Fsp3) is 0.200. The fourth-order valence-corrected chi connectivity index (χ4v) is 2.27. The van der Waals surface area contributed by atoms with Crippen molar-refractivity contribution in [2.24, 2.45) is 5.84 Å². The van der Waals surface area contributed by atoms with Crippen molar-refractivity contribution in [3.8, 4) is 0 Å². The topological polar surface area (TPSA) is 84.4 Å². The smallest absolute Gasteiger partial charge is 0.293 e. The van der Waals surface area contributed by atoms with Gasteiger partial charge in [-0.25, -0.2) is 0 Å². The van der Waals surface area contributed by atoms with Crippen LogP contribution in [0.15, 0.2) is 48.5 Å². The molecule has 0 saturated heterocycles. The number of para-hydroxylation sites is 2. The number of nitrogens with two attached hydrogens (primary N) is 1. The third kappa shape index (κ3) is 3.29. The van der Waals surface area contributed by atoms with E-state index >= 15 is 0 Å². The van der Waals surface area contributed by atoms with Crippen molar-refractivity contribution in [2.75, 3.05) is 16.9 Å². The summed E-state index contributed by atoms with van der Waals surface area (Å²) in [6, 6.07) is 14.9. The standard InChI is InChI=1S/C15H18N4O2/c1-2-18(13-8-4-3-5-9-13)11-12-7-6-10-14(19(20)21)15(12)17-16/h3-10,17H,2,11,16H2,1H3. The average Bonchev–Trinajstić information content (AvgIpc) is 2.52. The van der Waals surface area contributed by atoms with E-state index in [1.54, 1.807) is 6.07 Å². The van der Waals surface area contributed by atoms with Gasteiger partial charge in [0.25, 0.3) is 5.69 Å². The fourth-order valence-electron chi connectivity index (χ4n) is 2.27. The van der Waals surface area contributed by atoms with Crippen molar-refractivity contribution in [1.29, 1.82) is 0 Å². The molecule has 0 saturated carbocycles. The maximum Gasteiger partial charge on any atom is 0.293 e. The Labute approximate surface area is 123 Å². The predicted octanol–water partition coefficient (Wildman–Crippen LogP) is 2.91. The molecule has 0 aliphatic heterocycles. The van der Waals surface area contributed by atoms with Crippen LogP contribution < -0.4 is 16.2 Å². The van der Waals surface area contributed by atoms with Crippen LogP contribution in [0.2, 0.25) is 0 Å². The number of nitrogens with zero attached hydrogens (tertiary/aromatic N) is 2. The van der Waals surface area contributed by atoms with Gasteiger partial charge in [-0.3, -0.25) is 16.0 Å². The van der Waals surface area contributed by atoms with Gasteiger partial charge in [0.1, 0.15) is 5.69 Å². The zero-order chi connectivity index (χ0) is 15.2. The Hall–Kier alpha value is -2.60. The Bertz CT molecular complexity index is 616. The number of hydrogen-bond acceptors (Lipinski definition) is 5. The molecule has 2 aromatic carbocycles. The lowest BCUT2D eigenvalue weighted by Crippen LogP contribution is -2.23. The molecule has 0 spiro atoms. The minimum atomic E-state index is -0.433. The molecule has 0 radical (unpaired) electrons. The number of hydrazine groups is 1. The van der Waals surface area contributed by atoms with Crippen molar-refractivity contribution < 1.29 is 4.92 Å². The summed E-state index contributed by atoms with van der Waals surface area (Å²) in [6.45, 7) is 3.37. The molecule has 21 heavy (non-hydrogen) atoms. The van der Waals surface area contributed by atoms with Crippen LogP contribution in [-0.2, 0) is 6.54 Å². The molecule has 2 aromatic rings. The van der Waals surface area contributed by atoms with E-state index in [2.05, 4.69) is 10.3 Å². The second-order valence-electron chi connectivity index (χ2n) is 4.56. The lowest BCUT2D eigenvalue weighted by atomic mass is 10.1. The molecule has 0 bridgehead atoms. The normalized spacial score (nSPS) is 10.2. The summed E-state index contributed by atoms with van der Waals surface area (Å²) >= 11 is 0. The Kier molecular flexibility index (Phi) is 4.73. The number of nitro groups is 1. The van der Waals surface area contributed by atoms with Crippen molar-refractivity contribution in [3.63, 3.8) is 0 Å². The van der Waals surface area contributed by atoms with E-state index in [1.165, 1.54) is 6.07 Å². The van der Waals surface area contributed by atoms with E-state index in [1.807, 2.05) is 43.3 Å². The first kappa shape index (κ1) is 14.8. The highest BCUT2D eigenvalue weighted by atomic mass is 16.6. The van der Waals surface area contributed by atoms with E-state index in [4.69, 9.17) is 5.84 Å². The lowest BCUT2D eigenvalue weighted by molar-refractivity contribution is -0.384. The summed E-state index contributed by atoms with van der Waals surface area (Å²) < 4.78 is 0. The zero-order valence-corrected chi connectivity index (χ0v) is 11.8. The number of nitro benzene ring substituents is 1. The number of nitrogens with one attached hydrogen (secondary N) is 1. The number of nitrogen functional groups attached to an aromatic ring is 1. The van der Waals surface area contributed by atoms with E-state index in [-0.39, 0.29) is 5.69 Å². The molecule has 0 heterocycles. The summed E-state index contributed by atoms with van der Waals surface area (Å²) in [6.07, 6.45) is 0. The Morgan fingerprint density at radius 2 is 1.90 bits per heavy atom. The van der Waals surface area contributed by atoms with Crippen molar-refractivity contribution >= 4 is 17.1 Å². The van der Waals surface area contributed by atoms with Crippen LogP contribution in [0.5, 0.6) is 0 Å². The van der Waals surface area contributed by atoms with Gasteiger partial charge in [-0.05, 0) is 19.1 Å². The van der Waals surface area contributed by atoms with Crippen molar-refractivity contribution in [3.05, 3.63) is 64.2 Å². The van der Waals surface area contributed by atoms with Gasteiger partial charge in [-0.1, -0.05) is 30.3 Å². The van der Waals surface area contributed by atoms with Gasteiger partial charge in [0.15, 0.2) is 0 Å². The molecule has 6 heteroatoms. The lowest BCUT2D eigenvalue weighted by Gasteiger charge is -2.24. The Morgan fingerprint density at radius 1 is 1.19 bits per heavy atom. The van der Waals surface area contributed by atoms with E-state index < -0.39 is 4.92 Å². The Balaban J connectivity index is 2.34. The van der Waals surface area contributed by atoms with Gasteiger partial charge in [-0.15, -0.1) is 0 Å². The highest BCUT2D eigenvalue weighted by molar-refractivity contribution is 5.66. The second-order valence-corrected chi connectivity index (χ2v) is 4.56. The minimum Gasteiger partial charge on any atom is -0.367 e. The highest BCUT2D eigenvalue weighted by Gasteiger charge is 2.18. The van der Waals surface area contributed by atoms with Crippen molar-refractivity contribution in [1.82, 2.24) is 0 Å². The maximum atomic E-state index is 11.1. The van der Waals surface area contributed by atoms with Crippen molar-refractivity contribution in [2.45, 2.75) is 13.5 Å². The minimum absolute atomic E-state index is 0.0147. The average molecular weight is 286 g/mol. The molecule has 0 atom stereocenters. The first-order chi connectivity index (χ1) is 10.2. The molecule has 0 aliphatic carbocycles. The molecule has 0 unspecified atom stereocenters. The number of benzene rings is 2. The summed E-state index contributed by atoms with van der Waals surface area (Å²) in [7, 11) is 0. The van der Waals surface area contributed by atoms with Crippen LogP contribution >= 0.6 is 0 Å². The molecule has 0 fully saturated rings. The first-order valence-electron chi connectivity index (χ1n) is 6.70. The maximum absolute atomic E-state index is 11.1. The van der Waals surface area contributed by atoms with Crippen LogP contribution in [0.1, 0.15) is 12.5 Å². The van der Waals surface area contributed by atoms with Crippen LogP contribution in [0.3, 0.4) is 0 Å². The largest absolute Gasteiger partial charge is 0.367 e. The number of anilines is 2. The molecular weight excluding hydrogens is 268 g/mol. The van der Waals surface area contributed by atoms with Crippen LogP contribution in [0.25, 0.3) is 0 Å². The summed E-state index contributed by atoms with van der Waals surface area (Å²) in [5.41, 5.74) is 4.66. The third-order valence-electron chi connectivity index (χ3n) is 3.33. The Morgan fingerprint density at radius 3 is 2.48 bits per heavy atom. The summed E-state index contributed by atoms with van der Waals surface area (Å²) in [5, 5.41) is 11.1. The molecule has 2 rings (SSSR count).